The molecule has 24 heavy (non-hydrogen) atoms. The number of hydrogen-bond donors (Lipinski definition) is 0. The number of para-hydroxylation sites is 1. The first kappa shape index (κ1) is 15.2. The molecule has 0 atom stereocenters. The Kier molecular flexibility index (Phi) is 4.00. The minimum Gasteiger partial charge on any atom is -0.494 e. The van der Waals surface area contributed by atoms with E-state index in [1.165, 1.54) is 5.56 Å². The summed E-state index contributed by atoms with van der Waals surface area (Å²) >= 11 is 3.30. The summed E-state index contributed by atoms with van der Waals surface area (Å²) in [6.45, 7) is 2.08. The Hall–Kier alpha value is -2.31. The highest BCUT2D eigenvalue weighted by Crippen LogP contribution is 2.32. The van der Waals surface area contributed by atoms with Gasteiger partial charge < -0.3 is 4.74 Å². The molecule has 4 rings (SSSR count). The zero-order chi connectivity index (χ0) is 16.5. The van der Waals surface area contributed by atoms with Crippen LogP contribution in [0.3, 0.4) is 0 Å². The average Bonchev–Trinajstić information content (AvgIpc) is 3.21. The molecular weight excluding hydrogens is 338 g/mol. The monoisotopic (exact) mass is 353 g/mol. The van der Waals surface area contributed by atoms with Gasteiger partial charge in [-0.05, 0) is 25.1 Å². The molecule has 0 bridgehead atoms. The van der Waals surface area contributed by atoms with E-state index in [9.17, 15) is 0 Å². The summed E-state index contributed by atoms with van der Waals surface area (Å²) in [5.74, 6) is 0.813. The minimum absolute atomic E-state index is 0.700. The van der Waals surface area contributed by atoms with Crippen molar-refractivity contribution in [1.29, 1.82) is 0 Å². The lowest BCUT2D eigenvalue weighted by Crippen LogP contribution is -1.87. The number of benzene rings is 2. The first-order valence-corrected chi connectivity index (χ1v) is 9.18. The SMILES string of the molecule is COc1cccc2sc(Cc3nnc(-c4cccc(C)c4)s3)nc12. The van der Waals surface area contributed by atoms with Crippen molar-refractivity contribution in [3.63, 3.8) is 0 Å². The molecule has 2 aromatic carbocycles. The van der Waals surface area contributed by atoms with Crippen LogP contribution >= 0.6 is 22.7 Å². The fourth-order valence-electron chi connectivity index (χ4n) is 2.56. The van der Waals surface area contributed by atoms with Crippen molar-refractivity contribution in [3.05, 3.63) is 58.0 Å². The maximum absolute atomic E-state index is 5.38. The largest absolute Gasteiger partial charge is 0.494 e. The first-order valence-electron chi connectivity index (χ1n) is 7.55. The van der Waals surface area contributed by atoms with Gasteiger partial charge in [0.2, 0.25) is 0 Å². The fraction of sp³-hybridized carbons (Fsp3) is 0.167. The topological polar surface area (TPSA) is 47.9 Å². The van der Waals surface area contributed by atoms with Crippen LogP contribution in [0, 0.1) is 6.92 Å². The molecule has 2 heterocycles. The Morgan fingerprint density at radius 1 is 1.00 bits per heavy atom. The lowest BCUT2D eigenvalue weighted by Gasteiger charge is -1.98. The summed E-state index contributed by atoms with van der Waals surface area (Å²) in [7, 11) is 1.67. The number of fused-ring (bicyclic) bond motifs is 1. The van der Waals surface area contributed by atoms with Crippen LogP contribution in [0.15, 0.2) is 42.5 Å². The Morgan fingerprint density at radius 2 is 1.88 bits per heavy atom. The summed E-state index contributed by atoms with van der Waals surface area (Å²) in [5.41, 5.74) is 3.26. The number of rotatable bonds is 4. The van der Waals surface area contributed by atoms with Gasteiger partial charge in [0.05, 0.1) is 18.2 Å². The Balaban J connectivity index is 1.62. The second-order valence-electron chi connectivity index (χ2n) is 5.46. The molecule has 0 N–H and O–H groups in total. The van der Waals surface area contributed by atoms with E-state index in [0.717, 1.165) is 36.6 Å². The molecule has 0 amide bonds. The standard InChI is InChI=1S/C18H15N3OS2/c1-11-5-3-6-12(9-11)18-21-20-16(24-18)10-15-19-17-13(22-2)7-4-8-14(17)23-15/h3-9H,10H2,1-2H3. The maximum atomic E-state index is 5.38. The molecular formula is C18H15N3OS2. The maximum Gasteiger partial charge on any atom is 0.147 e. The van der Waals surface area contributed by atoms with Crippen molar-refractivity contribution in [2.75, 3.05) is 7.11 Å². The van der Waals surface area contributed by atoms with Gasteiger partial charge in [-0.1, -0.05) is 41.2 Å². The third-order valence-corrected chi connectivity index (χ3v) is 5.67. The second-order valence-corrected chi connectivity index (χ2v) is 7.64. The summed E-state index contributed by atoms with van der Waals surface area (Å²) in [4.78, 5) is 4.71. The highest BCUT2D eigenvalue weighted by Gasteiger charge is 2.12. The van der Waals surface area contributed by atoms with Crippen LogP contribution in [-0.2, 0) is 6.42 Å². The van der Waals surface area contributed by atoms with Crippen LogP contribution in [0.25, 0.3) is 20.8 Å². The van der Waals surface area contributed by atoms with Gasteiger partial charge in [0, 0.05) is 5.56 Å². The molecule has 0 spiro atoms. The van der Waals surface area contributed by atoms with Crippen molar-refractivity contribution in [1.82, 2.24) is 15.2 Å². The van der Waals surface area contributed by atoms with Gasteiger partial charge >= 0.3 is 0 Å². The van der Waals surface area contributed by atoms with Gasteiger partial charge in [0.25, 0.3) is 0 Å². The average molecular weight is 353 g/mol. The van der Waals surface area contributed by atoms with E-state index in [4.69, 9.17) is 9.72 Å². The van der Waals surface area contributed by atoms with E-state index in [-0.39, 0.29) is 0 Å². The number of ether oxygens (including phenoxy) is 1. The van der Waals surface area contributed by atoms with E-state index < -0.39 is 0 Å². The quantitative estimate of drug-likeness (QED) is 0.532. The molecule has 0 unspecified atom stereocenters. The predicted molar refractivity (Wildman–Crippen MR) is 99.1 cm³/mol. The summed E-state index contributed by atoms with van der Waals surface area (Å²) < 4.78 is 6.52. The Morgan fingerprint density at radius 3 is 2.71 bits per heavy atom. The lowest BCUT2D eigenvalue weighted by atomic mass is 10.1. The molecule has 4 nitrogen and oxygen atoms in total. The van der Waals surface area contributed by atoms with Crippen molar-refractivity contribution >= 4 is 32.9 Å². The van der Waals surface area contributed by atoms with Crippen LogP contribution in [-0.4, -0.2) is 22.3 Å². The van der Waals surface area contributed by atoms with Crippen molar-refractivity contribution < 1.29 is 4.74 Å². The zero-order valence-corrected chi connectivity index (χ0v) is 14.9. The molecule has 0 radical (unpaired) electrons. The van der Waals surface area contributed by atoms with E-state index in [1.807, 2.05) is 18.2 Å². The van der Waals surface area contributed by atoms with Gasteiger partial charge in [-0.15, -0.1) is 21.5 Å². The Labute approximate surface area is 147 Å². The van der Waals surface area contributed by atoms with Crippen molar-refractivity contribution in [2.24, 2.45) is 0 Å². The van der Waals surface area contributed by atoms with Crippen LogP contribution in [0.1, 0.15) is 15.6 Å². The summed E-state index contributed by atoms with van der Waals surface area (Å²) in [5, 5.41) is 11.6. The van der Waals surface area contributed by atoms with Crippen LogP contribution < -0.4 is 4.74 Å². The third-order valence-electron chi connectivity index (χ3n) is 3.68. The number of aromatic nitrogens is 3. The Bertz CT molecular complexity index is 1010. The molecule has 0 aliphatic rings. The number of hydrogen-bond acceptors (Lipinski definition) is 6. The van der Waals surface area contributed by atoms with E-state index in [1.54, 1.807) is 29.8 Å². The molecule has 0 saturated carbocycles. The van der Waals surface area contributed by atoms with Crippen molar-refractivity contribution in [3.8, 4) is 16.3 Å². The van der Waals surface area contributed by atoms with E-state index in [2.05, 4.69) is 41.4 Å². The summed E-state index contributed by atoms with van der Waals surface area (Å²) in [6, 6.07) is 14.3. The normalized spacial score (nSPS) is 11.1. The molecule has 0 fully saturated rings. The minimum atomic E-state index is 0.700. The number of nitrogens with zero attached hydrogens (tertiary/aromatic N) is 3. The van der Waals surface area contributed by atoms with E-state index >= 15 is 0 Å². The van der Waals surface area contributed by atoms with Crippen LogP contribution in [0.2, 0.25) is 0 Å². The highest BCUT2D eigenvalue weighted by atomic mass is 32.1. The van der Waals surface area contributed by atoms with E-state index in [0.29, 0.717) is 6.42 Å². The van der Waals surface area contributed by atoms with Gasteiger partial charge in [0.1, 0.15) is 26.3 Å². The fourth-order valence-corrected chi connectivity index (χ4v) is 4.48. The molecule has 2 aromatic heterocycles. The second kappa shape index (κ2) is 6.30. The predicted octanol–water partition coefficient (Wildman–Crippen LogP) is 4.72. The molecule has 0 aliphatic heterocycles. The smallest absolute Gasteiger partial charge is 0.147 e. The summed E-state index contributed by atoms with van der Waals surface area (Å²) in [6.07, 6.45) is 0.700. The van der Waals surface area contributed by atoms with Gasteiger partial charge in [0.15, 0.2) is 0 Å². The van der Waals surface area contributed by atoms with Gasteiger partial charge in [-0.2, -0.15) is 0 Å². The molecule has 120 valence electrons. The van der Waals surface area contributed by atoms with Crippen LogP contribution in [0.4, 0.5) is 0 Å². The molecule has 4 aromatic rings. The highest BCUT2D eigenvalue weighted by molar-refractivity contribution is 7.19. The first-order chi connectivity index (χ1) is 11.7. The molecule has 0 saturated heterocycles. The number of aryl methyl sites for hydroxylation is 1. The number of methoxy groups -OCH3 is 1. The van der Waals surface area contributed by atoms with Gasteiger partial charge in [-0.25, -0.2) is 4.98 Å². The third kappa shape index (κ3) is 2.90. The molecule has 6 heteroatoms. The van der Waals surface area contributed by atoms with Crippen LogP contribution in [0.5, 0.6) is 5.75 Å². The molecule has 0 aliphatic carbocycles. The zero-order valence-electron chi connectivity index (χ0n) is 13.3. The van der Waals surface area contributed by atoms with Gasteiger partial charge in [-0.3, -0.25) is 0 Å². The lowest BCUT2D eigenvalue weighted by molar-refractivity contribution is 0.419. The number of thiazole rings is 1. The van der Waals surface area contributed by atoms with Crippen molar-refractivity contribution in [2.45, 2.75) is 13.3 Å².